The number of halogens is 1. The van der Waals surface area contributed by atoms with Crippen molar-refractivity contribution < 1.29 is 9.90 Å². The number of amides is 1. The van der Waals surface area contributed by atoms with Crippen molar-refractivity contribution in [3.05, 3.63) is 63.0 Å². The normalized spacial score (nSPS) is 12.0. The van der Waals surface area contributed by atoms with Crippen LogP contribution in [0.4, 0.5) is 5.69 Å². The first-order valence-corrected chi connectivity index (χ1v) is 7.15. The van der Waals surface area contributed by atoms with Gasteiger partial charge in [0.2, 0.25) is 5.91 Å². The van der Waals surface area contributed by atoms with Crippen molar-refractivity contribution in [2.75, 3.05) is 5.32 Å². The van der Waals surface area contributed by atoms with Gasteiger partial charge in [-0.1, -0.05) is 23.7 Å². The third kappa shape index (κ3) is 3.96. The predicted molar refractivity (Wildman–Crippen MR) is 86.1 cm³/mol. The van der Waals surface area contributed by atoms with E-state index in [0.29, 0.717) is 21.8 Å². The summed E-state index contributed by atoms with van der Waals surface area (Å²) >= 11 is 5.79. The fraction of sp³-hybridized carbons (Fsp3) is 0.250. The van der Waals surface area contributed by atoms with Crippen molar-refractivity contribution in [3.8, 4) is 0 Å². The molecule has 0 aliphatic rings. The number of rotatable bonds is 4. The number of carbonyl (C=O) groups excluding carboxylic acids is 1. The van der Waals surface area contributed by atoms with Crippen LogP contribution in [0.1, 0.15) is 23.7 Å². The quantitative estimate of drug-likeness (QED) is 0.908. The van der Waals surface area contributed by atoms with Gasteiger partial charge in [0.1, 0.15) is 0 Å². The van der Waals surface area contributed by atoms with Crippen molar-refractivity contribution in [2.45, 2.75) is 19.4 Å². The molecular weight excluding hydrogens is 304 g/mol. The summed E-state index contributed by atoms with van der Waals surface area (Å²) in [6.45, 7) is 1.74. The van der Waals surface area contributed by atoms with E-state index in [-0.39, 0.29) is 17.9 Å². The molecule has 0 bridgehead atoms. The molecule has 1 aromatic heterocycles. The van der Waals surface area contributed by atoms with Gasteiger partial charge in [-0.05, 0) is 30.2 Å². The minimum Gasteiger partial charge on any atom is -0.388 e. The molecule has 5 nitrogen and oxygen atoms in total. The lowest BCUT2D eigenvalue weighted by molar-refractivity contribution is -0.118. The third-order valence-electron chi connectivity index (χ3n) is 3.34. The number of aryl methyl sites for hydroxylation is 2. The third-order valence-corrected chi connectivity index (χ3v) is 3.59. The van der Waals surface area contributed by atoms with Gasteiger partial charge < -0.3 is 15.0 Å². The van der Waals surface area contributed by atoms with Gasteiger partial charge in [0.15, 0.2) is 0 Å². The van der Waals surface area contributed by atoms with E-state index in [1.54, 1.807) is 44.4 Å². The second kappa shape index (κ2) is 6.77. The van der Waals surface area contributed by atoms with Crippen molar-refractivity contribution in [3.63, 3.8) is 0 Å². The summed E-state index contributed by atoms with van der Waals surface area (Å²) < 4.78 is 1.39. The van der Waals surface area contributed by atoms with E-state index in [9.17, 15) is 14.7 Å². The summed E-state index contributed by atoms with van der Waals surface area (Å²) in [5, 5.41) is 13.3. The van der Waals surface area contributed by atoms with E-state index >= 15 is 0 Å². The van der Waals surface area contributed by atoms with Gasteiger partial charge in [-0.2, -0.15) is 0 Å². The van der Waals surface area contributed by atoms with Crippen LogP contribution in [0.15, 0.2) is 41.3 Å². The minimum absolute atomic E-state index is 0.0795. The summed E-state index contributed by atoms with van der Waals surface area (Å²) in [7, 11) is 1.61. The minimum atomic E-state index is -0.912. The predicted octanol–water partition coefficient (Wildman–Crippen LogP) is 2.41. The van der Waals surface area contributed by atoms with Crippen LogP contribution in [0, 0.1) is 6.92 Å². The SMILES string of the molecule is Cc1cc(=O)n(C)cc1NC(=O)CC(O)c1ccc(Cl)cc1. The maximum Gasteiger partial charge on any atom is 0.250 e. The number of carbonyl (C=O) groups is 1. The van der Waals surface area contributed by atoms with Crippen LogP contribution in [0.3, 0.4) is 0 Å². The molecule has 0 aliphatic carbocycles. The number of hydrogen-bond donors (Lipinski definition) is 2. The zero-order valence-electron chi connectivity index (χ0n) is 12.3. The molecule has 22 heavy (non-hydrogen) atoms. The van der Waals surface area contributed by atoms with Crippen LogP contribution in [0.2, 0.25) is 5.02 Å². The zero-order chi connectivity index (χ0) is 16.3. The molecule has 0 fully saturated rings. The number of benzene rings is 1. The maximum absolute atomic E-state index is 12.0. The van der Waals surface area contributed by atoms with E-state index in [2.05, 4.69) is 5.32 Å². The molecule has 6 heteroatoms. The lowest BCUT2D eigenvalue weighted by atomic mass is 10.1. The monoisotopic (exact) mass is 320 g/mol. The smallest absolute Gasteiger partial charge is 0.250 e. The molecule has 1 amide bonds. The Morgan fingerprint density at radius 2 is 2.00 bits per heavy atom. The van der Waals surface area contributed by atoms with Gasteiger partial charge in [0.05, 0.1) is 18.2 Å². The van der Waals surface area contributed by atoms with Crippen LogP contribution in [0.25, 0.3) is 0 Å². The molecular formula is C16H17ClN2O3. The molecule has 1 atom stereocenters. The maximum atomic E-state index is 12.0. The van der Waals surface area contributed by atoms with Crippen molar-refractivity contribution in [1.29, 1.82) is 0 Å². The number of nitrogens with zero attached hydrogens (tertiary/aromatic N) is 1. The van der Waals surface area contributed by atoms with Crippen LogP contribution < -0.4 is 10.9 Å². The van der Waals surface area contributed by atoms with Crippen LogP contribution in [-0.2, 0) is 11.8 Å². The Morgan fingerprint density at radius 1 is 1.36 bits per heavy atom. The van der Waals surface area contributed by atoms with Crippen LogP contribution >= 0.6 is 11.6 Å². The van der Waals surface area contributed by atoms with E-state index in [1.165, 1.54) is 10.6 Å². The molecule has 0 saturated heterocycles. The van der Waals surface area contributed by atoms with Gasteiger partial charge in [-0.15, -0.1) is 0 Å². The number of nitrogens with one attached hydrogen (secondary N) is 1. The fourth-order valence-corrected chi connectivity index (χ4v) is 2.16. The molecule has 0 saturated carbocycles. The van der Waals surface area contributed by atoms with Crippen molar-refractivity contribution in [2.24, 2.45) is 7.05 Å². The summed E-state index contributed by atoms with van der Waals surface area (Å²) in [5.74, 6) is -0.329. The standard InChI is InChI=1S/C16H17ClN2O3/c1-10-7-16(22)19(2)9-13(10)18-15(21)8-14(20)11-3-5-12(17)6-4-11/h3-7,9,14,20H,8H2,1-2H3,(H,18,21). The number of hydrogen-bond acceptors (Lipinski definition) is 3. The second-order valence-electron chi connectivity index (χ2n) is 5.14. The van der Waals surface area contributed by atoms with E-state index in [4.69, 9.17) is 11.6 Å². The highest BCUT2D eigenvalue weighted by atomic mass is 35.5. The number of pyridine rings is 1. The van der Waals surface area contributed by atoms with Gasteiger partial charge in [0.25, 0.3) is 5.56 Å². The van der Waals surface area contributed by atoms with Gasteiger partial charge in [-0.3, -0.25) is 9.59 Å². The van der Waals surface area contributed by atoms with Crippen LogP contribution in [0.5, 0.6) is 0 Å². The molecule has 2 rings (SSSR count). The highest BCUT2D eigenvalue weighted by Gasteiger charge is 2.14. The van der Waals surface area contributed by atoms with Gasteiger partial charge >= 0.3 is 0 Å². The van der Waals surface area contributed by atoms with Gasteiger partial charge in [-0.25, -0.2) is 0 Å². The Morgan fingerprint density at radius 3 is 2.64 bits per heavy atom. The molecule has 1 aromatic carbocycles. The number of aliphatic hydroxyl groups is 1. The summed E-state index contributed by atoms with van der Waals surface area (Å²) in [5.41, 5.74) is 1.71. The Hall–Kier alpha value is -2.11. The summed E-state index contributed by atoms with van der Waals surface area (Å²) in [4.78, 5) is 23.5. The average molecular weight is 321 g/mol. The topological polar surface area (TPSA) is 71.3 Å². The molecule has 2 aromatic rings. The van der Waals surface area contributed by atoms with E-state index in [0.717, 1.165) is 0 Å². The first-order chi connectivity index (χ1) is 10.4. The van der Waals surface area contributed by atoms with E-state index < -0.39 is 6.10 Å². The highest BCUT2D eigenvalue weighted by Crippen LogP contribution is 2.20. The molecule has 1 heterocycles. The van der Waals surface area contributed by atoms with E-state index in [1.807, 2.05) is 0 Å². The Bertz CT molecular complexity index is 738. The lowest BCUT2D eigenvalue weighted by Crippen LogP contribution is -2.20. The molecule has 116 valence electrons. The molecule has 1 unspecified atom stereocenters. The molecule has 0 radical (unpaired) electrons. The largest absolute Gasteiger partial charge is 0.388 e. The zero-order valence-corrected chi connectivity index (χ0v) is 13.1. The van der Waals surface area contributed by atoms with Crippen LogP contribution in [-0.4, -0.2) is 15.6 Å². The Balaban J connectivity index is 2.05. The fourth-order valence-electron chi connectivity index (χ4n) is 2.03. The Labute approximate surface area is 133 Å². The first kappa shape index (κ1) is 16.3. The highest BCUT2D eigenvalue weighted by molar-refractivity contribution is 6.30. The number of aromatic nitrogens is 1. The number of aliphatic hydroxyl groups excluding tert-OH is 1. The lowest BCUT2D eigenvalue weighted by Gasteiger charge is -2.13. The van der Waals surface area contributed by atoms with Gasteiger partial charge in [0, 0.05) is 24.3 Å². The Kier molecular flexibility index (Phi) is 5.00. The molecule has 0 aliphatic heterocycles. The second-order valence-corrected chi connectivity index (χ2v) is 5.58. The van der Waals surface area contributed by atoms with Crippen molar-refractivity contribution in [1.82, 2.24) is 4.57 Å². The number of anilines is 1. The molecule has 0 spiro atoms. The average Bonchev–Trinajstić information content (AvgIpc) is 2.45. The van der Waals surface area contributed by atoms with Crippen molar-refractivity contribution >= 4 is 23.2 Å². The summed E-state index contributed by atoms with van der Waals surface area (Å²) in [6.07, 6.45) is 0.568. The molecule has 2 N–H and O–H groups in total. The summed E-state index contributed by atoms with van der Waals surface area (Å²) in [6, 6.07) is 8.13. The first-order valence-electron chi connectivity index (χ1n) is 6.77.